The molecule has 2 N–H and O–H groups in total. The molecule has 0 fully saturated rings. The molecule has 0 aliphatic carbocycles. The molecule has 0 bridgehead atoms. The Morgan fingerprint density at radius 2 is 1.37 bits per heavy atom. The van der Waals surface area contributed by atoms with Gasteiger partial charge >= 0.3 is 0 Å². The normalized spacial score (nSPS) is 10.9. The van der Waals surface area contributed by atoms with Gasteiger partial charge in [0, 0.05) is 26.7 Å². The Morgan fingerprint density at radius 3 is 1.79 bits per heavy atom. The van der Waals surface area contributed by atoms with E-state index in [1.165, 1.54) is 7.11 Å². The van der Waals surface area contributed by atoms with Crippen LogP contribution in [0.3, 0.4) is 0 Å². The summed E-state index contributed by atoms with van der Waals surface area (Å²) in [4.78, 5) is 0.958. The molecule has 1 aromatic carbocycles. The van der Waals surface area contributed by atoms with Gasteiger partial charge in [-0.15, -0.1) is 0 Å². The number of rotatable bonds is 6. The first kappa shape index (κ1) is 15.6. The Balaban J connectivity index is 3.29. The monoisotopic (exact) mass is 284 g/mol. The maximum absolute atomic E-state index is 13.6. The van der Waals surface area contributed by atoms with Gasteiger partial charge in [-0.25, -0.2) is 22.0 Å². The molecule has 0 aromatic heterocycles. The van der Waals surface area contributed by atoms with Crippen molar-refractivity contribution < 1.29 is 26.7 Å². The number of methoxy groups -OCH3 is 1. The molecule has 0 spiro atoms. The number of hydrogen-bond acceptors (Lipinski definition) is 3. The van der Waals surface area contributed by atoms with E-state index >= 15 is 0 Å². The standard InChI is InChI=1S/C11H13F5N2O/c1-19-5-4-18(3-2-17)11-9(15)7(13)6(12)8(14)10(11)16/h2-5,17H2,1H3. The van der Waals surface area contributed by atoms with Crippen LogP contribution in [0.15, 0.2) is 0 Å². The lowest BCUT2D eigenvalue weighted by atomic mass is 10.2. The number of nitrogens with zero attached hydrogens (tertiary/aromatic N) is 1. The van der Waals surface area contributed by atoms with E-state index in [4.69, 9.17) is 10.5 Å². The third-order valence-electron chi connectivity index (χ3n) is 2.47. The SMILES string of the molecule is COCCN(CCN)c1c(F)c(F)c(F)c(F)c1F. The second kappa shape index (κ2) is 6.67. The average molecular weight is 284 g/mol. The summed E-state index contributed by atoms with van der Waals surface area (Å²) in [5.74, 6) is -9.89. The number of anilines is 1. The van der Waals surface area contributed by atoms with E-state index in [0.29, 0.717) is 0 Å². The van der Waals surface area contributed by atoms with Gasteiger partial charge in [-0.1, -0.05) is 0 Å². The van der Waals surface area contributed by atoms with Crippen molar-refractivity contribution in [3.8, 4) is 0 Å². The lowest BCUT2D eigenvalue weighted by Gasteiger charge is -2.25. The van der Waals surface area contributed by atoms with E-state index in [9.17, 15) is 22.0 Å². The molecule has 1 aromatic rings. The van der Waals surface area contributed by atoms with Crippen LogP contribution in [0.5, 0.6) is 0 Å². The molecular formula is C11H13F5N2O. The van der Waals surface area contributed by atoms with Crippen molar-refractivity contribution in [3.63, 3.8) is 0 Å². The fourth-order valence-electron chi connectivity index (χ4n) is 1.56. The Bertz CT molecular complexity index is 426. The first-order valence-corrected chi connectivity index (χ1v) is 5.41. The predicted octanol–water partition coefficient (Wildman–Crippen LogP) is 1.79. The summed E-state index contributed by atoms with van der Waals surface area (Å²) < 4.78 is 70.9. The van der Waals surface area contributed by atoms with Crippen molar-refractivity contribution in [1.29, 1.82) is 0 Å². The van der Waals surface area contributed by atoms with Crippen LogP contribution in [0.2, 0.25) is 0 Å². The van der Waals surface area contributed by atoms with Crippen LogP contribution in [0.1, 0.15) is 0 Å². The number of benzene rings is 1. The number of nitrogens with two attached hydrogens (primary N) is 1. The second-order valence-corrected chi connectivity index (χ2v) is 3.69. The van der Waals surface area contributed by atoms with Gasteiger partial charge in [-0.2, -0.15) is 0 Å². The summed E-state index contributed by atoms with van der Waals surface area (Å²) in [6.07, 6.45) is 0. The maximum Gasteiger partial charge on any atom is 0.200 e. The quantitative estimate of drug-likeness (QED) is 0.492. The van der Waals surface area contributed by atoms with Crippen LogP contribution in [-0.2, 0) is 4.74 Å². The van der Waals surface area contributed by atoms with Crippen molar-refractivity contribution in [3.05, 3.63) is 29.1 Å². The van der Waals surface area contributed by atoms with Crippen LogP contribution >= 0.6 is 0 Å². The molecule has 0 heterocycles. The van der Waals surface area contributed by atoms with E-state index < -0.39 is 34.8 Å². The summed E-state index contributed by atoms with van der Waals surface area (Å²) in [6.45, 7) is -0.0729. The highest BCUT2D eigenvalue weighted by atomic mass is 19.2. The lowest BCUT2D eigenvalue weighted by molar-refractivity contribution is 0.205. The molecule has 1 rings (SSSR count). The number of hydrogen-bond donors (Lipinski definition) is 1. The highest BCUT2D eigenvalue weighted by molar-refractivity contribution is 5.50. The Labute approximate surface area is 106 Å². The highest BCUT2D eigenvalue weighted by Gasteiger charge is 2.28. The second-order valence-electron chi connectivity index (χ2n) is 3.69. The topological polar surface area (TPSA) is 38.5 Å². The van der Waals surface area contributed by atoms with Crippen molar-refractivity contribution in [2.24, 2.45) is 5.73 Å². The smallest absolute Gasteiger partial charge is 0.200 e. The fraction of sp³-hybridized carbons (Fsp3) is 0.455. The van der Waals surface area contributed by atoms with Crippen molar-refractivity contribution >= 4 is 5.69 Å². The average Bonchev–Trinajstić information content (AvgIpc) is 2.40. The number of ether oxygens (including phenoxy) is 1. The fourth-order valence-corrected chi connectivity index (χ4v) is 1.56. The number of halogens is 5. The Morgan fingerprint density at radius 1 is 0.895 bits per heavy atom. The molecule has 108 valence electrons. The van der Waals surface area contributed by atoms with Gasteiger partial charge in [0.2, 0.25) is 5.82 Å². The van der Waals surface area contributed by atoms with Crippen LogP contribution in [0.4, 0.5) is 27.6 Å². The molecule has 0 radical (unpaired) electrons. The van der Waals surface area contributed by atoms with Crippen molar-refractivity contribution in [2.75, 3.05) is 38.3 Å². The summed E-state index contributed by atoms with van der Waals surface area (Å²) >= 11 is 0. The minimum Gasteiger partial charge on any atom is -0.383 e. The van der Waals surface area contributed by atoms with Gasteiger partial charge in [0.05, 0.1) is 6.61 Å². The molecule has 0 saturated heterocycles. The largest absolute Gasteiger partial charge is 0.383 e. The summed E-state index contributed by atoms with van der Waals surface area (Å²) in [5.41, 5.74) is 4.27. The molecule has 0 amide bonds. The van der Waals surface area contributed by atoms with Crippen molar-refractivity contribution in [1.82, 2.24) is 0 Å². The zero-order valence-electron chi connectivity index (χ0n) is 10.2. The van der Waals surface area contributed by atoms with Crippen LogP contribution in [-0.4, -0.2) is 33.4 Å². The van der Waals surface area contributed by atoms with Crippen LogP contribution in [0, 0.1) is 29.1 Å². The Hall–Kier alpha value is -1.41. The van der Waals surface area contributed by atoms with E-state index in [2.05, 4.69) is 0 Å². The molecule has 0 saturated carbocycles. The van der Waals surface area contributed by atoms with Crippen molar-refractivity contribution in [2.45, 2.75) is 0 Å². The summed E-state index contributed by atoms with van der Waals surface area (Å²) in [6, 6.07) is 0. The first-order chi connectivity index (χ1) is 8.95. The Kier molecular flexibility index (Phi) is 5.49. The zero-order valence-corrected chi connectivity index (χ0v) is 10.2. The third kappa shape index (κ3) is 3.13. The van der Waals surface area contributed by atoms with E-state index in [-0.39, 0.29) is 26.2 Å². The van der Waals surface area contributed by atoms with Gasteiger partial charge in [0.15, 0.2) is 23.3 Å². The molecule has 19 heavy (non-hydrogen) atoms. The van der Waals surface area contributed by atoms with E-state index in [1.54, 1.807) is 0 Å². The van der Waals surface area contributed by atoms with Gasteiger partial charge in [-0.05, 0) is 0 Å². The van der Waals surface area contributed by atoms with E-state index in [0.717, 1.165) is 4.90 Å². The lowest BCUT2D eigenvalue weighted by Crippen LogP contribution is -2.34. The van der Waals surface area contributed by atoms with Crippen LogP contribution in [0.25, 0.3) is 0 Å². The zero-order chi connectivity index (χ0) is 14.6. The molecule has 0 aliphatic rings. The summed E-state index contributed by atoms with van der Waals surface area (Å²) in [5, 5.41) is 0. The van der Waals surface area contributed by atoms with Gasteiger partial charge in [0.25, 0.3) is 0 Å². The predicted molar refractivity (Wildman–Crippen MR) is 59.4 cm³/mol. The van der Waals surface area contributed by atoms with Gasteiger partial charge in [-0.3, -0.25) is 0 Å². The minimum absolute atomic E-state index is 0.0107. The third-order valence-corrected chi connectivity index (χ3v) is 2.47. The first-order valence-electron chi connectivity index (χ1n) is 5.41. The van der Waals surface area contributed by atoms with Gasteiger partial charge < -0.3 is 15.4 Å². The molecule has 0 atom stereocenters. The van der Waals surface area contributed by atoms with Crippen LogP contribution < -0.4 is 10.6 Å². The summed E-state index contributed by atoms with van der Waals surface area (Å²) in [7, 11) is 1.35. The van der Waals surface area contributed by atoms with Gasteiger partial charge in [0.1, 0.15) is 5.69 Å². The molecular weight excluding hydrogens is 271 g/mol. The molecule has 3 nitrogen and oxygen atoms in total. The maximum atomic E-state index is 13.6. The molecule has 0 aliphatic heterocycles. The molecule has 0 unspecified atom stereocenters. The van der Waals surface area contributed by atoms with E-state index in [1.807, 2.05) is 0 Å². The molecule has 8 heteroatoms. The minimum atomic E-state index is -2.18. The highest BCUT2D eigenvalue weighted by Crippen LogP contribution is 2.29.